The first-order valence-corrected chi connectivity index (χ1v) is 13.9. The maximum Gasteiger partial charge on any atom is 0.323 e. The summed E-state index contributed by atoms with van der Waals surface area (Å²) in [6, 6.07) is 33.3. The normalized spacial score (nSPS) is 11.1. The number of fused-ring (bicyclic) bond motifs is 2. The summed E-state index contributed by atoms with van der Waals surface area (Å²) < 4.78 is 6.31. The van der Waals surface area contributed by atoms with Crippen molar-refractivity contribution in [1.82, 2.24) is 20.2 Å². The standard InChI is InChI=1S/C34H27N7O2/c42-34(40-27-15-16-28-25(19-27)20-38-41-28)39-26-13-11-22(12-14-26)17-18-35-32-30-29(23-7-3-1-4-8-23)31(24-9-5-2-6-10-24)43-33(30)37-21-36-32/h1-16,19-21H,17-18H2,(H,38,41)(H,35,36,37)(H2,39,40,42). The molecule has 3 heterocycles. The zero-order valence-electron chi connectivity index (χ0n) is 23.0. The van der Waals surface area contributed by atoms with Gasteiger partial charge in [-0.1, -0.05) is 72.8 Å². The molecule has 9 nitrogen and oxygen atoms in total. The highest BCUT2D eigenvalue weighted by molar-refractivity contribution is 6.06. The second-order valence-corrected chi connectivity index (χ2v) is 10.1. The number of nitrogens with zero attached hydrogens (tertiary/aromatic N) is 3. The van der Waals surface area contributed by atoms with Crippen LogP contribution in [0.4, 0.5) is 22.0 Å². The molecule has 0 aliphatic heterocycles. The number of carbonyl (C=O) groups excluding carboxylic acids is 1. The van der Waals surface area contributed by atoms with E-state index < -0.39 is 0 Å². The van der Waals surface area contributed by atoms with Crippen LogP contribution in [0.25, 0.3) is 44.5 Å². The number of carbonyl (C=O) groups is 1. The zero-order chi connectivity index (χ0) is 29.0. The lowest BCUT2D eigenvalue weighted by atomic mass is 9.99. The molecule has 0 aliphatic carbocycles. The molecule has 0 saturated heterocycles. The second kappa shape index (κ2) is 11.5. The molecule has 0 fully saturated rings. The predicted octanol–water partition coefficient (Wildman–Crippen LogP) is 7.73. The summed E-state index contributed by atoms with van der Waals surface area (Å²) in [6.07, 6.45) is 4.00. The first-order chi connectivity index (χ1) is 21.2. The van der Waals surface area contributed by atoms with Crippen LogP contribution >= 0.6 is 0 Å². The van der Waals surface area contributed by atoms with Crippen LogP contribution in [0.2, 0.25) is 0 Å². The van der Waals surface area contributed by atoms with Crippen molar-refractivity contribution in [3.05, 3.63) is 121 Å². The van der Waals surface area contributed by atoms with Gasteiger partial charge in [0, 0.05) is 34.4 Å². The molecule has 9 heteroatoms. The van der Waals surface area contributed by atoms with Crippen molar-refractivity contribution >= 4 is 45.2 Å². The number of amides is 2. The number of aromatic amines is 1. The molecule has 4 N–H and O–H groups in total. The maximum absolute atomic E-state index is 12.5. The highest BCUT2D eigenvalue weighted by atomic mass is 16.3. The molecule has 7 aromatic rings. The highest BCUT2D eigenvalue weighted by Gasteiger charge is 2.21. The molecular weight excluding hydrogens is 538 g/mol. The van der Waals surface area contributed by atoms with Gasteiger partial charge in [-0.05, 0) is 47.9 Å². The van der Waals surface area contributed by atoms with Gasteiger partial charge in [0.05, 0.1) is 17.1 Å². The fourth-order valence-corrected chi connectivity index (χ4v) is 5.13. The lowest BCUT2D eigenvalue weighted by molar-refractivity contribution is 0.262. The minimum Gasteiger partial charge on any atom is -0.437 e. The molecule has 0 unspecified atom stereocenters. The number of anilines is 3. The first-order valence-electron chi connectivity index (χ1n) is 13.9. The van der Waals surface area contributed by atoms with Gasteiger partial charge in [-0.15, -0.1) is 0 Å². The Labute approximate surface area is 247 Å². The molecule has 43 heavy (non-hydrogen) atoms. The van der Waals surface area contributed by atoms with Gasteiger partial charge in [0.25, 0.3) is 0 Å². The van der Waals surface area contributed by atoms with E-state index >= 15 is 0 Å². The zero-order valence-corrected chi connectivity index (χ0v) is 23.0. The molecule has 0 bridgehead atoms. The van der Waals surface area contributed by atoms with Gasteiger partial charge in [-0.3, -0.25) is 5.10 Å². The second-order valence-electron chi connectivity index (χ2n) is 10.1. The summed E-state index contributed by atoms with van der Waals surface area (Å²) in [6.45, 7) is 0.649. The summed E-state index contributed by atoms with van der Waals surface area (Å²) in [5.41, 5.74) is 6.94. The molecule has 210 valence electrons. The third kappa shape index (κ3) is 5.51. The van der Waals surface area contributed by atoms with Crippen LogP contribution < -0.4 is 16.0 Å². The topological polar surface area (TPSA) is 121 Å². The lowest BCUT2D eigenvalue weighted by Crippen LogP contribution is -2.19. The monoisotopic (exact) mass is 565 g/mol. The number of furan rings is 1. The Bertz CT molecular complexity index is 2020. The molecule has 0 saturated carbocycles. The van der Waals surface area contributed by atoms with Crippen LogP contribution in [0.3, 0.4) is 0 Å². The van der Waals surface area contributed by atoms with E-state index in [0.29, 0.717) is 23.6 Å². The number of hydrogen-bond donors (Lipinski definition) is 4. The summed E-state index contributed by atoms with van der Waals surface area (Å²) >= 11 is 0. The number of aromatic nitrogens is 4. The van der Waals surface area contributed by atoms with Gasteiger partial charge in [0.2, 0.25) is 5.71 Å². The Morgan fingerprint density at radius 2 is 1.51 bits per heavy atom. The molecule has 7 rings (SSSR count). The Balaban J connectivity index is 1.04. The Kier molecular flexibility index (Phi) is 6.94. The van der Waals surface area contributed by atoms with Crippen LogP contribution in [0.15, 0.2) is 120 Å². The number of rotatable bonds is 8. The van der Waals surface area contributed by atoms with Crippen LogP contribution in [0.5, 0.6) is 0 Å². The number of urea groups is 1. The highest BCUT2D eigenvalue weighted by Crippen LogP contribution is 2.42. The summed E-state index contributed by atoms with van der Waals surface area (Å²) in [5, 5.41) is 17.9. The molecule has 3 aromatic heterocycles. The average molecular weight is 566 g/mol. The predicted molar refractivity (Wildman–Crippen MR) is 170 cm³/mol. The van der Waals surface area contributed by atoms with Crippen molar-refractivity contribution in [1.29, 1.82) is 0 Å². The summed E-state index contributed by atoms with van der Waals surface area (Å²) in [7, 11) is 0. The minimum atomic E-state index is -0.311. The van der Waals surface area contributed by atoms with Crippen molar-refractivity contribution < 1.29 is 9.21 Å². The molecule has 0 atom stereocenters. The molecule has 4 aromatic carbocycles. The number of nitrogens with one attached hydrogen (secondary N) is 4. The Hall–Kier alpha value is -5.96. The molecule has 0 spiro atoms. The van der Waals surface area contributed by atoms with E-state index in [9.17, 15) is 4.79 Å². The van der Waals surface area contributed by atoms with Crippen LogP contribution in [-0.4, -0.2) is 32.7 Å². The van der Waals surface area contributed by atoms with E-state index in [4.69, 9.17) is 4.42 Å². The average Bonchev–Trinajstić information content (AvgIpc) is 3.68. The summed E-state index contributed by atoms with van der Waals surface area (Å²) in [4.78, 5) is 21.6. The van der Waals surface area contributed by atoms with Gasteiger partial charge in [0.1, 0.15) is 17.9 Å². The van der Waals surface area contributed by atoms with Crippen LogP contribution in [-0.2, 0) is 6.42 Å². The van der Waals surface area contributed by atoms with Gasteiger partial charge in [0.15, 0.2) is 0 Å². The van der Waals surface area contributed by atoms with Gasteiger partial charge in [-0.2, -0.15) is 5.10 Å². The number of benzene rings is 4. The maximum atomic E-state index is 12.5. The third-order valence-electron chi connectivity index (χ3n) is 7.20. The fraction of sp³-hybridized carbons (Fsp3) is 0.0588. The molecule has 2 amide bonds. The van der Waals surface area contributed by atoms with E-state index in [1.165, 1.54) is 6.33 Å². The van der Waals surface area contributed by atoms with E-state index in [1.54, 1.807) is 6.20 Å². The largest absolute Gasteiger partial charge is 0.437 e. The van der Waals surface area contributed by atoms with E-state index in [1.807, 2.05) is 91.0 Å². The van der Waals surface area contributed by atoms with Gasteiger partial charge < -0.3 is 20.4 Å². The quantitative estimate of drug-likeness (QED) is 0.150. The van der Waals surface area contributed by atoms with Crippen molar-refractivity contribution in [3.8, 4) is 22.5 Å². The number of hydrogen-bond acceptors (Lipinski definition) is 6. The van der Waals surface area contributed by atoms with Crippen molar-refractivity contribution in [2.24, 2.45) is 0 Å². The minimum absolute atomic E-state index is 0.311. The SMILES string of the molecule is O=C(Nc1ccc(CCNc2ncnc3oc(-c4ccccc4)c(-c4ccccc4)c23)cc1)Nc1ccc2[nH]ncc2c1. The smallest absolute Gasteiger partial charge is 0.323 e. The van der Waals surface area contributed by atoms with Crippen LogP contribution in [0, 0.1) is 0 Å². The summed E-state index contributed by atoms with van der Waals surface area (Å²) in [5.74, 6) is 1.48. The molecular formula is C34H27N7O2. The molecule has 0 aliphatic rings. The van der Waals surface area contributed by atoms with Crippen molar-refractivity contribution in [2.45, 2.75) is 6.42 Å². The van der Waals surface area contributed by atoms with Crippen molar-refractivity contribution in [3.63, 3.8) is 0 Å². The van der Waals surface area contributed by atoms with E-state index in [0.717, 1.165) is 56.5 Å². The van der Waals surface area contributed by atoms with E-state index in [2.05, 4.69) is 48.2 Å². The van der Waals surface area contributed by atoms with Gasteiger partial charge >= 0.3 is 6.03 Å². The van der Waals surface area contributed by atoms with Crippen molar-refractivity contribution in [2.75, 3.05) is 22.5 Å². The third-order valence-corrected chi connectivity index (χ3v) is 7.20. The Morgan fingerprint density at radius 1 is 0.791 bits per heavy atom. The van der Waals surface area contributed by atoms with Gasteiger partial charge in [-0.25, -0.2) is 14.8 Å². The lowest BCUT2D eigenvalue weighted by Gasteiger charge is -2.10. The van der Waals surface area contributed by atoms with E-state index in [-0.39, 0.29) is 6.03 Å². The van der Waals surface area contributed by atoms with Crippen LogP contribution in [0.1, 0.15) is 5.56 Å². The fourth-order valence-electron chi connectivity index (χ4n) is 5.13. The first kappa shape index (κ1) is 26.0. The number of H-pyrrole nitrogens is 1. The Morgan fingerprint density at radius 3 is 2.30 bits per heavy atom. The molecule has 0 radical (unpaired) electrons.